The topological polar surface area (TPSA) is 12.0 Å². The molecule has 3 aliphatic carbocycles. The Bertz CT molecular complexity index is 559. The molecule has 3 aliphatic rings. The Morgan fingerprint density at radius 2 is 1.90 bits per heavy atom. The summed E-state index contributed by atoms with van der Waals surface area (Å²) in [5.74, 6) is 0.916. The van der Waals surface area contributed by atoms with E-state index in [-0.39, 0.29) is 0 Å². The first-order valence-electron chi connectivity index (χ1n) is 8.90. The van der Waals surface area contributed by atoms with Crippen molar-refractivity contribution in [3.63, 3.8) is 0 Å². The van der Waals surface area contributed by atoms with Crippen molar-refractivity contribution in [3.05, 3.63) is 29.3 Å². The summed E-state index contributed by atoms with van der Waals surface area (Å²) in [6, 6.07) is 7.59. The summed E-state index contributed by atoms with van der Waals surface area (Å²) in [6.45, 7) is 7.55. The van der Waals surface area contributed by atoms with E-state index < -0.39 is 0 Å². The van der Waals surface area contributed by atoms with Crippen LogP contribution in [0.5, 0.6) is 0 Å². The second-order valence-corrected chi connectivity index (χ2v) is 8.46. The number of hydrogen-bond donors (Lipinski definition) is 1. The van der Waals surface area contributed by atoms with E-state index in [9.17, 15) is 0 Å². The summed E-state index contributed by atoms with van der Waals surface area (Å²) in [5, 5.41) is 4.00. The van der Waals surface area contributed by atoms with Gasteiger partial charge in [-0.15, -0.1) is 0 Å². The molecule has 2 fully saturated rings. The van der Waals surface area contributed by atoms with Gasteiger partial charge in [-0.25, -0.2) is 0 Å². The third-order valence-electron chi connectivity index (χ3n) is 7.52. The van der Waals surface area contributed by atoms with Crippen molar-refractivity contribution < 1.29 is 0 Å². The Morgan fingerprint density at radius 1 is 1.10 bits per heavy atom. The summed E-state index contributed by atoms with van der Waals surface area (Å²) in [4.78, 5) is 0. The molecule has 4 rings (SSSR count). The number of rotatable bonds is 2. The normalized spacial score (nSPS) is 36.5. The molecule has 114 valence electrons. The third kappa shape index (κ3) is 1.82. The quantitative estimate of drug-likeness (QED) is 0.787. The van der Waals surface area contributed by atoms with E-state index >= 15 is 0 Å². The molecule has 3 unspecified atom stereocenters. The molecule has 21 heavy (non-hydrogen) atoms. The molecule has 0 spiro atoms. The first kappa shape index (κ1) is 13.7. The van der Waals surface area contributed by atoms with Crippen molar-refractivity contribution in [3.8, 4) is 0 Å². The third-order valence-corrected chi connectivity index (χ3v) is 7.52. The number of benzene rings is 1. The van der Waals surface area contributed by atoms with Gasteiger partial charge >= 0.3 is 0 Å². The zero-order chi connectivity index (χ0) is 14.7. The minimum Gasteiger partial charge on any atom is -0.382 e. The van der Waals surface area contributed by atoms with Crippen LogP contribution in [0, 0.1) is 16.7 Å². The van der Waals surface area contributed by atoms with Crippen molar-refractivity contribution in [2.75, 3.05) is 5.32 Å². The van der Waals surface area contributed by atoms with Crippen LogP contribution in [0.2, 0.25) is 0 Å². The van der Waals surface area contributed by atoms with Gasteiger partial charge < -0.3 is 5.32 Å². The van der Waals surface area contributed by atoms with Crippen LogP contribution in [-0.2, 0) is 12.8 Å². The van der Waals surface area contributed by atoms with E-state index in [1.54, 1.807) is 11.1 Å². The Balaban J connectivity index is 1.64. The van der Waals surface area contributed by atoms with Gasteiger partial charge in [-0.1, -0.05) is 32.9 Å². The first-order valence-corrected chi connectivity index (χ1v) is 8.90. The number of nitrogens with one attached hydrogen (secondary N) is 1. The van der Waals surface area contributed by atoms with Crippen LogP contribution in [0.25, 0.3) is 0 Å². The van der Waals surface area contributed by atoms with Crippen LogP contribution < -0.4 is 5.32 Å². The van der Waals surface area contributed by atoms with Crippen molar-refractivity contribution in [2.24, 2.45) is 16.7 Å². The Morgan fingerprint density at radius 3 is 2.62 bits per heavy atom. The minimum atomic E-state index is 0.467. The van der Waals surface area contributed by atoms with E-state index in [1.165, 1.54) is 50.6 Å². The predicted molar refractivity (Wildman–Crippen MR) is 89.7 cm³/mol. The molecule has 1 heteroatoms. The Hall–Kier alpha value is -0.980. The molecule has 0 amide bonds. The van der Waals surface area contributed by atoms with Crippen LogP contribution in [0.3, 0.4) is 0 Å². The van der Waals surface area contributed by atoms with E-state index in [1.807, 2.05) is 0 Å². The minimum absolute atomic E-state index is 0.467. The largest absolute Gasteiger partial charge is 0.382 e. The maximum atomic E-state index is 4.00. The SMILES string of the molecule is CC1(C)C2CCC1(C)C(Nc1cccc3c1CCCC3)C2. The molecule has 0 radical (unpaired) electrons. The molecular formula is C20H29N. The predicted octanol–water partition coefficient (Wildman–Crippen LogP) is 5.19. The molecule has 2 bridgehead atoms. The van der Waals surface area contributed by atoms with Crippen molar-refractivity contribution in [1.82, 2.24) is 0 Å². The van der Waals surface area contributed by atoms with Gasteiger partial charge in [0.05, 0.1) is 0 Å². The molecule has 3 atom stereocenters. The lowest BCUT2D eigenvalue weighted by Crippen LogP contribution is -2.40. The van der Waals surface area contributed by atoms with Crippen molar-refractivity contribution >= 4 is 5.69 Å². The molecule has 1 aromatic rings. The van der Waals surface area contributed by atoms with E-state index in [4.69, 9.17) is 0 Å². The fourth-order valence-electron chi connectivity index (χ4n) is 5.53. The van der Waals surface area contributed by atoms with Gasteiger partial charge in [0.25, 0.3) is 0 Å². The summed E-state index contributed by atoms with van der Waals surface area (Å²) < 4.78 is 0. The van der Waals surface area contributed by atoms with Gasteiger partial charge in [-0.05, 0) is 78.9 Å². The second-order valence-electron chi connectivity index (χ2n) is 8.46. The number of anilines is 1. The first-order chi connectivity index (χ1) is 10.0. The van der Waals surface area contributed by atoms with Gasteiger partial charge in [-0.2, -0.15) is 0 Å². The molecule has 0 aromatic heterocycles. The Kier molecular flexibility index (Phi) is 2.93. The average molecular weight is 283 g/mol. The van der Waals surface area contributed by atoms with Crippen LogP contribution in [0.15, 0.2) is 18.2 Å². The molecule has 2 saturated carbocycles. The lowest BCUT2D eigenvalue weighted by molar-refractivity contribution is 0.142. The fourth-order valence-corrected chi connectivity index (χ4v) is 5.53. The van der Waals surface area contributed by atoms with Gasteiger partial charge in [0, 0.05) is 11.7 Å². The highest BCUT2D eigenvalue weighted by Crippen LogP contribution is 2.65. The Labute approximate surface area is 129 Å². The van der Waals surface area contributed by atoms with Gasteiger partial charge in [-0.3, -0.25) is 0 Å². The average Bonchev–Trinajstić information content (AvgIpc) is 2.81. The lowest BCUT2D eigenvalue weighted by Gasteiger charge is -2.40. The second kappa shape index (κ2) is 4.51. The lowest BCUT2D eigenvalue weighted by atomic mass is 9.69. The van der Waals surface area contributed by atoms with Crippen LogP contribution in [0.1, 0.15) is 64.0 Å². The fraction of sp³-hybridized carbons (Fsp3) is 0.700. The standard InChI is InChI=1S/C20H29N/c1-19(2)15-11-12-20(19,3)18(13-15)21-17-10-6-8-14-7-4-5-9-16(14)17/h6,8,10,15,18,21H,4-5,7,9,11-13H2,1-3H3. The van der Waals surface area contributed by atoms with Crippen molar-refractivity contribution in [2.45, 2.75) is 71.8 Å². The van der Waals surface area contributed by atoms with Crippen molar-refractivity contribution in [1.29, 1.82) is 0 Å². The maximum Gasteiger partial charge on any atom is 0.0377 e. The zero-order valence-corrected chi connectivity index (χ0v) is 13.8. The molecule has 1 N–H and O–H groups in total. The smallest absolute Gasteiger partial charge is 0.0377 e. The molecule has 1 nitrogen and oxygen atoms in total. The van der Waals surface area contributed by atoms with Gasteiger partial charge in [0.1, 0.15) is 0 Å². The van der Waals surface area contributed by atoms with Gasteiger partial charge in [0.2, 0.25) is 0 Å². The van der Waals surface area contributed by atoms with Crippen LogP contribution >= 0.6 is 0 Å². The summed E-state index contributed by atoms with van der Waals surface area (Å²) in [5.41, 5.74) is 5.63. The highest BCUT2D eigenvalue weighted by Gasteiger charge is 2.61. The van der Waals surface area contributed by atoms with E-state index in [2.05, 4.69) is 44.3 Å². The monoisotopic (exact) mass is 283 g/mol. The molecule has 0 heterocycles. The van der Waals surface area contributed by atoms with Gasteiger partial charge in [0.15, 0.2) is 0 Å². The summed E-state index contributed by atoms with van der Waals surface area (Å²) in [6.07, 6.45) is 9.49. The highest BCUT2D eigenvalue weighted by molar-refractivity contribution is 5.57. The molecule has 0 saturated heterocycles. The molecular weight excluding hydrogens is 254 g/mol. The number of hydrogen-bond acceptors (Lipinski definition) is 1. The summed E-state index contributed by atoms with van der Waals surface area (Å²) in [7, 11) is 0. The van der Waals surface area contributed by atoms with E-state index in [0.717, 1.165) is 5.92 Å². The van der Waals surface area contributed by atoms with Crippen LogP contribution in [-0.4, -0.2) is 6.04 Å². The molecule has 1 aromatic carbocycles. The number of fused-ring (bicyclic) bond motifs is 3. The zero-order valence-electron chi connectivity index (χ0n) is 13.8. The van der Waals surface area contributed by atoms with E-state index in [0.29, 0.717) is 16.9 Å². The number of aryl methyl sites for hydroxylation is 1. The van der Waals surface area contributed by atoms with Crippen LogP contribution in [0.4, 0.5) is 5.69 Å². The maximum absolute atomic E-state index is 4.00. The summed E-state index contributed by atoms with van der Waals surface area (Å²) >= 11 is 0. The highest BCUT2D eigenvalue weighted by atomic mass is 15.0. The molecule has 0 aliphatic heterocycles.